The number of hydrogen-bond acceptors (Lipinski definition) is 3. The Labute approximate surface area is 121 Å². The lowest BCUT2D eigenvalue weighted by Gasteiger charge is -2.36. The topological polar surface area (TPSA) is 52.7 Å². The molecule has 120 valence electrons. The second-order valence-corrected chi connectivity index (χ2v) is 5.79. The van der Waals surface area contributed by atoms with Crippen LogP contribution in [0.15, 0.2) is 0 Å². The average Bonchev–Trinajstić information content (AvgIpc) is 3.13. The Kier molecular flexibility index (Phi) is 4.75. The molecule has 1 atom stereocenters. The fourth-order valence-corrected chi connectivity index (χ4v) is 2.54. The number of likely N-dealkylation sites (tertiary alicyclic amines) is 1. The van der Waals surface area contributed by atoms with Crippen LogP contribution in [-0.4, -0.2) is 66.6 Å². The fraction of sp³-hybridized carbons (Fsp3) is 0.846. The number of amides is 2. The zero-order valence-corrected chi connectivity index (χ0v) is 11.9. The van der Waals surface area contributed by atoms with Crippen LogP contribution in [0.3, 0.4) is 0 Å². The van der Waals surface area contributed by atoms with Gasteiger partial charge in [-0.05, 0) is 32.7 Å². The molecule has 0 bridgehead atoms. The van der Waals surface area contributed by atoms with Gasteiger partial charge >= 0.3 is 6.18 Å². The molecule has 5 nitrogen and oxygen atoms in total. The van der Waals surface area contributed by atoms with Gasteiger partial charge in [0.1, 0.15) is 6.54 Å². The van der Waals surface area contributed by atoms with Gasteiger partial charge < -0.3 is 10.2 Å². The summed E-state index contributed by atoms with van der Waals surface area (Å²) in [5.41, 5.74) is 0. The number of hydrogen-bond donors (Lipinski definition) is 1. The van der Waals surface area contributed by atoms with Crippen molar-refractivity contribution in [1.29, 1.82) is 0 Å². The molecule has 2 fully saturated rings. The molecular formula is C13H20F3N3O2. The van der Waals surface area contributed by atoms with Crippen LogP contribution in [0, 0.1) is 0 Å². The van der Waals surface area contributed by atoms with Crippen LogP contribution < -0.4 is 5.32 Å². The summed E-state index contributed by atoms with van der Waals surface area (Å²) in [7, 11) is 1.60. The van der Waals surface area contributed by atoms with Crippen molar-refractivity contribution in [2.45, 2.75) is 43.9 Å². The van der Waals surface area contributed by atoms with E-state index in [0.29, 0.717) is 12.8 Å². The molecule has 0 aromatic heterocycles. The van der Waals surface area contributed by atoms with E-state index in [4.69, 9.17) is 0 Å². The van der Waals surface area contributed by atoms with E-state index in [-0.39, 0.29) is 25.0 Å². The minimum absolute atomic E-state index is 0.0345. The average molecular weight is 307 g/mol. The summed E-state index contributed by atoms with van der Waals surface area (Å²) in [6, 6.07) is -0.416. The van der Waals surface area contributed by atoms with Crippen LogP contribution >= 0.6 is 0 Å². The molecule has 0 aromatic carbocycles. The number of halogens is 3. The fourth-order valence-electron chi connectivity index (χ4n) is 2.54. The number of piperidine rings is 1. The lowest BCUT2D eigenvalue weighted by molar-refractivity contribution is -0.167. The van der Waals surface area contributed by atoms with E-state index in [2.05, 4.69) is 5.32 Å². The summed E-state index contributed by atoms with van der Waals surface area (Å²) >= 11 is 0. The first kappa shape index (κ1) is 16.1. The van der Waals surface area contributed by atoms with Gasteiger partial charge in [-0.15, -0.1) is 0 Å². The molecule has 8 heteroatoms. The van der Waals surface area contributed by atoms with Gasteiger partial charge in [0.25, 0.3) is 0 Å². The van der Waals surface area contributed by atoms with E-state index in [1.165, 1.54) is 0 Å². The SMILES string of the molecule is CN(CC(=O)NC1CC1)[C@H]1CCCN(CC(F)(F)F)C1=O. The number of alkyl halides is 3. The van der Waals surface area contributed by atoms with Crippen LogP contribution in [0.25, 0.3) is 0 Å². The molecule has 1 saturated carbocycles. The molecule has 1 N–H and O–H groups in total. The van der Waals surface area contributed by atoms with Crippen LogP contribution in [0.2, 0.25) is 0 Å². The first-order valence-electron chi connectivity index (χ1n) is 7.11. The van der Waals surface area contributed by atoms with Crippen molar-refractivity contribution in [2.75, 3.05) is 26.7 Å². The normalized spacial score (nSPS) is 23.6. The van der Waals surface area contributed by atoms with Crippen molar-refractivity contribution in [3.63, 3.8) is 0 Å². The maximum Gasteiger partial charge on any atom is 0.406 e. The molecule has 0 radical (unpaired) electrons. The van der Waals surface area contributed by atoms with E-state index in [1.54, 1.807) is 11.9 Å². The number of nitrogens with one attached hydrogen (secondary N) is 1. The maximum atomic E-state index is 12.4. The Morgan fingerprint density at radius 3 is 2.62 bits per heavy atom. The molecule has 2 aliphatic rings. The summed E-state index contributed by atoms with van der Waals surface area (Å²) in [5, 5.41) is 2.80. The van der Waals surface area contributed by atoms with E-state index in [9.17, 15) is 22.8 Å². The van der Waals surface area contributed by atoms with Crippen molar-refractivity contribution in [3.05, 3.63) is 0 Å². The molecule has 2 rings (SSSR count). The van der Waals surface area contributed by atoms with Crippen LogP contribution in [0.4, 0.5) is 13.2 Å². The molecule has 0 aromatic rings. The molecular weight excluding hydrogens is 287 g/mol. The van der Waals surface area contributed by atoms with E-state index >= 15 is 0 Å². The summed E-state index contributed by atoms with van der Waals surface area (Å²) in [5.74, 6) is -0.721. The van der Waals surface area contributed by atoms with Gasteiger partial charge in [-0.25, -0.2) is 0 Å². The van der Waals surface area contributed by atoms with Crippen molar-refractivity contribution < 1.29 is 22.8 Å². The zero-order chi connectivity index (χ0) is 15.6. The molecule has 21 heavy (non-hydrogen) atoms. The van der Waals surface area contributed by atoms with Gasteiger partial charge in [0.05, 0.1) is 12.6 Å². The minimum Gasteiger partial charge on any atom is -0.352 e. The Bertz CT molecular complexity index is 410. The van der Waals surface area contributed by atoms with Crippen molar-refractivity contribution in [2.24, 2.45) is 0 Å². The highest BCUT2D eigenvalue weighted by atomic mass is 19.4. The van der Waals surface area contributed by atoms with Gasteiger partial charge in [0.15, 0.2) is 0 Å². The Balaban J connectivity index is 1.88. The molecule has 1 saturated heterocycles. The smallest absolute Gasteiger partial charge is 0.352 e. The van der Waals surface area contributed by atoms with Gasteiger partial charge in [-0.1, -0.05) is 0 Å². The van der Waals surface area contributed by atoms with Crippen LogP contribution in [-0.2, 0) is 9.59 Å². The third-order valence-electron chi connectivity index (χ3n) is 3.74. The zero-order valence-electron chi connectivity index (χ0n) is 11.9. The third-order valence-corrected chi connectivity index (χ3v) is 3.74. The number of carbonyl (C=O) groups excluding carboxylic acids is 2. The second-order valence-electron chi connectivity index (χ2n) is 5.79. The molecule has 0 spiro atoms. The van der Waals surface area contributed by atoms with Gasteiger partial charge in [0.2, 0.25) is 11.8 Å². The lowest BCUT2D eigenvalue weighted by Crippen LogP contribution is -2.55. The summed E-state index contributed by atoms with van der Waals surface area (Å²) in [6.07, 6.45) is -1.45. The van der Waals surface area contributed by atoms with Gasteiger partial charge in [-0.2, -0.15) is 13.2 Å². The van der Waals surface area contributed by atoms with Gasteiger partial charge in [0, 0.05) is 12.6 Å². The van der Waals surface area contributed by atoms with E-state index < -0.39 is 24.7 Å². The standard InChI is InChI=1S/C13H20F3N3O2/c1-18(7-11(20)17-9-4-5-9)10-3-2-6-19(12(10)21)8-13(14,15)16/h9-10H,2-8H2,1H3,(H,17,20)/t10-/m0/s1. The largest absolute Gasteiger partial charge is 0.406 e. The molecule has 2 amide bonds. The highest BCUT2D eigenvalue weighted by Gasteiger charge is 2.39. The minimum atomic E-state index is -4.39. The van der Waals surface area contributed by atoms with Gasteiger partial charge in [-0.3, -0.25) is 14.5 Å². The highest BCUT2D eigenvalue weighted by molar-refractivity contribution is 5.84. The quantitative estimate of drug-likeness (QED) is 0.815. The summed E-state index contributed by atoms with van der Waals surface area (Å²) < 4.78 is 37.3. The maximum absolute atomic E-state index is 12.4. The molecule has 1 aliphatic carbocycles. The second kappa shape index (κ2) is 6.21. The van der Waals surface area contributed by atoms with Crippen LogP contribution in [0.5, 0.6) is 0 Å². The first-order valence-corrected chi connectivity index (χ1v) is 7.11. The highest BCUT2D eigenvalue weighted by Crippen LogP contribution is 2.22. The summed E-state index contributed by atoms with van der Waals surface area (Å²) in [4.78, 5) is 26.2. The monoisotopic (exact) mass is 307 g/mol. The first-order chi connectivity index (χ1) is 9.76. The van der Waals surface area contributed by atoms with E-state index in [0.717, 1.165) is 17.7 Å². The van der Waals surface area contributed by atoms with Crippen molar-refractivity contribution in [3.8, 4) is 0 Å². The Morgan fingerprint density at radius 1 is 1.38 bits per heavy atom. The van der Waals surface area contributed by atoms with E-state index in [1.807, 2.05) is 0 Å². The predicted molar refractivity (Wildman–Crippen MR) is 69.5 cm³/mol. The number of carbonyl (C=O) groups is 2. The Morgan fingerprint density at radius 2 is 2.05 bits per heavy atom. The lowest BCUT2D eigenvalue weighted by atomic mass is 10.0. The number of likely N-dealkylation sites (N-methyl/N-ethyl adjacent to an activating group) is 1. The number of nitrogens with zero attached hydrogens (tertiary/aromatic N) is 2. The molecule has 0 unspecified atom stereocenters. The number of rotatable bonds is 5. The molecule has 1 heterocycles. The van der Waals surface area contributed by atoms with Crippen molar-refractivity contribution in [1.82, 2.24) is 15.1 Å². The summed E-state index contributed by atoms with van der Waals surface area (Å²) in [6.45, 7) is -1.06. The predicted octanol–water partition coefficient (Wildman–Crippen LogP) is 0.750. The van der Waals surface area contributed by atoms with Crippen molar-refractivity contribution >= 4 is 11.8 Å². The third kappa shape index (κ3) is 4.87. The van der Waals surface area contributed by atoms with Crippen LogP contribution in [0.1, 0.15) is 25.7 Å². The Hall–Kier alpha value is -1.31. The molecule has 1 aliphatic heterocycles.